The fraction of sp³-hybridized carbons (Fsp3) is 0.533. The third kappa shape index (κ3) is 5.19. The highest BCUT2D eigenvalue weighted by Gasteiger charge is 2.21. The van der Waals surface area contributed by atoms with Gasteiger partial charge in [0.15, 0.2) is 0 Å². The van der Waals surface area contributed by atoms with E-state index in [0.29, 0.717) is 18.6 Å². The van der Waals surface area contributed by atoms with Crippen molar-refractivity contribution in [2.75, 3.05) is 32.1 Å². The van der Waals surface area contributed by atoms with Crippen LogP contribution in [0, 0.1) is 0 Å². The highest BCUT2D eigenvalue weighted by atomic mass is 16.5. The molecule has 112 valence electrons. The molecule has 0 aliphatic carbocycles. The largest absolute Gasteiger partial charge is 0.388 e. The van der Waals surface area contributed by atoms with Crippen molar-refractivity contribution < 1.29 is 14.6 Å². The number of benzene rings is 1. The molecule has 0 saturated heterocycles. The predicted octanol–water partition coefficient (Wildman–Crippen LogP) is 1.64. The average molecular weight is 280 g/mol. The molecule has 5 nitrogen and oxygen atoms in total. The molecule has 0 saturated carbocycles. The Hall–Kier alpha value is -1.59. The number of anilines is 1. The maximum Gasteiger partial charge on any atom is 0.253 e. The van der Waals surface area contributed by atoms with Crippen molar-refractivity contribution in [3.8, 4) is 0 Å². The van der Waals surface area contributed by atoms with Crippen molar-refractivity contribution in [3.05, 3.63) is 29.8 Å². The second kappa shape index (κ2) is 7.87. The van der Waals surface area contributed by atoms with Gasteiger partial charge in [0.25, 0.3) is 5.91 Å². The fourth-order valence-electron chi connectivity index (χ4n) is 1.80. The Balaban J connectivity index is 2.63. The van der Waals surface area contributed by atoms with Crippen LogP contribution in [0.25, 0.3) is 0 Å². The van der Waals surface area contributed by atoms with Gasteiger partial charge in [0, 0.05) is 38.9 Å². The van der Waals surface area contributed by atoms with Crippen LogP contribution in [0.3, 0.4) is 0 Å². The summed E-state index contributed by atoms with van der Waals surface area (Å²) >= 11 is 0. The molecule has 1 amide bonds. The van der Waals surface area contributed by atoms with Gasteiger partial charge in [0.2, 0.25) is 0 Å². The normalized spacial score (nSPS) is 13.6. The maximum atomic E-state index is 12.2. The molecule has 0 fully saturated rings. The number of ether oxygens (including phenoxy) is 1. The first-order chi connectivity index (χ1) is 9.50. The van der Waals surface area contributed by atoms with Crippen LogP contribution < -0.4 is 10.6 Å². The predicted molar refractivity (Wildman–Crippen MR) is 80.1 cm³/mol. The zero-order chi connectivity index (χ0) is 15.0. The Morgan fingerprint density at radius 2 is 2.10 bits per heavy atom. The first-order valence-corrected chi connectivity index (χ1v) is 6.82. The van der Waals surface area contributed by atoms with E-state index < -0.39 is 5.60 Å². The Kier molecular flexibility index (Phi) is 6.48. The third-order valence-electron chi connectivity index (χ3n) is 3.01. The molecule has 5 heteroatoms. The second-order valence-corrected chi connectivity index (χ2v) is 5.00. The number of carbonyl (C=O) groups excluding carboxylic acids is 1. The third-order valence-corrected chi connectivity index (χ3v) is 3.01. The smallest absolute Gasteiger partial charge is 0.253 e. The first kappa shape index (κ1) is 16.5. The summed E-state index contributed by atoms with van der Waals surface area (Å²) in [5, 5.41) is 16.0. The number of hydrogen-bond acceptors (Lipinski definition) is 4. The van der Waals surface area contributed by atoms with Gasteiger partial charge in [-0.15, -0.1) is 0 Å². The lowest BCUT2D eigenvalue weighted by atomic mass is 10.0. The number of hydrogen-bond donors (Lipinski definition) is 3. The Morgan fingerprint density at radius 1 is 1.40 bits per heavy atom. The molecule has 0 radical (unpaired) electrons. The van der Waals surface area contributed by atoms with Crippen LogP contribution in [0.5, 0.6) is 0 Å². The van der Waals surface area contributed by atoms with Crippen molar-refractivity contribution in [1.82, 2.24) is 5.32 Å². The lowest BCUT2D eigenvalue weighted by Crippen LogP contribution is -2.41. The zero-order valence-corrected chi connectivity index (χ0v) is 12.4. The van der Waals surface area contributed by atoms with Crippen LogP contribution in [0.1, 0.15) is 30.6 Å². The van der Waals surface area contributed by atoms with Gasteiger partial charge in [0.05, 0.1) is 11.2 Å². The number of methoxy groups -OCH3 is 1. The van der Waals surface area contributed by atoms with E-state index in [1.54, 1.807) is 20.1 Å². The van der Waals surface area contributed by atoms with E-state index in [4.69, 9.17) is 4.74 Å². The summed E-state index contributed by atoms with van der Waals surface area (Å²) in [5.41, 5.74) is 0.402. The summed E-state index contributed by atoms with van der Waals surface area (Å²) in [7, 11) is 1.58. The molecule has 1 atom stereocenters. The number of amides is 1. The van der Waals surface area contributed by atoms with Crippen molar-refractivity contribution in [1.29, 1.82) is 0 Å². The summed E-state index contributed by atoms with van der Waals surface area (Å²) in [6.07, 6.45) is 0.471. The van der Waals surface area contributed by atoms with Crippen LogP contribution in [-0.2, 0) is 4.74 Å². The lowest BCUT2D eigenvalue weighted by Gasteiger charge is -2.23. The Morgan fingerprint density at radius 3 is 2.75 bits per heavy atom. The summed E-state index contributed by atoms with van der Waals surface area (Å²) in [5.74, 6) is -0.195. The summed E-state index contributed by atoms with van der Waals surface area (Å²) in [6.45, 7) is 5.05. The van der Waals surface area contributed by atoms with Crippen LogP contribution in [0.4, 0.5) is 5.69 Å². The van der Waals surface area contributed by atoms with Gasteiger partial charge in [-0.2, -0.15) is 0 Å². The maximum absolute atomic E-state index is 12.2. The molecule has 1 aromatic rings. The van der Waals surface area contributed by atoms with Gasteiger partial charge in [0.1, 0.15) is 0 Å². The molecule has 0 aliphatic heterocycles. The minimum absolute atomic E-state index is 0.190. The number of aliphatic hydroxyl groups is 1. The topological polar surface area (TPSA) is 70.6 Å². The van der Waals surface area contributed by atoms with Crippen LogP contribution in [0.15, 0.2) is 24.3 Å². The van der Waals surface area contributed by atoms with Crippen molar-refractivity contribution >= 4 is 11.6 Å². The van der Waals surface area contributed by atoms with Gasteiger partial charge < -0.3 is 20.5 Å². The summed E-state index contributed by atoms with van der Waals surface area (Å²) in [4.78, 5) is 12.2. The number of carbonyl (C=O) groups is 1. The highest BCUT2D eigenvalue weighted by Crippen LogP contribution is 2.15. The van der Waals surface area contributed by atoms with E-state index in [-0.39, 0.29) is 12.5 Å². The molecular weight excluding hydrogens is 256 g/mol. The van der Waals surface area contributed by atoms with Gasteiger partial charge in [-0.1, -0.05) is 12.1 Å². The van der Waals surface area contributed by atoms with Gasteiger partial charge in [-0.25, -0.2) is 0 Å². The molecular formula is C15H24N2O3. The molecule has 0 bridgehead atoms. The van der Waals surface area contributed by atoms with Gasteiger partial charge in [-0.3, -0.25) is 4.79 Å². The van der Waals surface area contributed by atoms with E-state index in [0.717, 1.165) is 12.2 Å². The van der Waals surface area contributed by atoms with E-state index in [1.165, 1.54) is 0 Å². The summed E-state index contributed by atoms with van der Waals surface area (Å²) < 4.78 is 4.94. The minimum Gasteiger partial charge on any atom is -0.388 e. The molecule has 3 N–H and O–H groups in total. The van der Waals surface area contributed by atoms with Gasteiger partial charge in [-0.05, 0) is 26.0 Å². The van der Waals surface area contributed by atoms with E-state index >= 15 is 0 Å². The van der Waals surface area contributed by atoms with Crippen molar-refractivity contribution in [2.24, 2.45) is 0 Å². The van der Waals surface area contributed by atoms with E-state index in [1.807, 2.05) is 25.1 Å². The molecule has 0 aliphatic rings. The van der Waals surface area contributed by atoms with Crippen LogP contribution in [-0.4, -0.2) is 43.4 Å². The van der Waals surface area contributed by atoms with E-state index in [2.05, 4.69) is 10.6 Å². The Bertz CT molecular complexity index is 433. The molecule has 0 aromatic heterocycles. The highest BCUT2D eigenvalue weighted by molar-refractivity contribution is 5.99. The van der Waals surface area contributed by atoms with E-state index in [9.17, 15) is 9.90 Å². The van der Waals surface area contributed by atoms with Crippen LogP contribution in [0.2, 0.25) is 0 Å². The first-order valence-electron chi connectivity index (χ1n) is 6.82. The Labute approximate surface area is 120 Å². The molecule has 0 spiro atoms. The minimum atomic E-state index is -0.973. The molecule has 1 aromatic carbocycles. The number of rotatable bonds is 8. The van der Waals surface area contributed by atoms with Gasteiger partial charge >= 0.3 is 0 Å². The molecule has 20 heavy (non-hydrogen) atoms. The van der Waals surface area contributed by atoms with Crippen molar-refractivity contribution in [3.63, 3.8) is 0 Å². The quantitative estimate of drug-likeness (QED) is 0.677. The number of nitrogens with one attached hydrogen (secondary N) is 2. The second-order valence-electron chi connectivity index (χ2n) is 5.00. The summed E-state index contributed by atoms with van der Waals surface area (Å²) in [6, 6.07) is 7.32. The van der Waals surface area contributed by atoms with Crippen molar-refractivity contribution in [2.45, 2.75) is 25.9 Å². The molecule has 1 rings (SSSR count). The molecule has 0 heterocycles. The lowest BCUT2D eigenvalue weighted by molar-refractivity contribution is 0.0244. The molecule has 1 unspecified atom stereocenters. The fourth-order valence-corrected chi connectivity index (χ4v) is 1.80. The number of para-hydroxylation sites is 1. The standard InChI is InChI=1S/C15H24N2O3/c1-4-16-13-8-6-5-7-12(13)14(18)17-11-15(2,19)9-10-20-3/h5-8,16,19H,4,9-11H2,1-3H3,(H,17,18). The monoisotopic (exact) mass is 280 g/mol. The van der Waals surface area contributed by atoms with Crippen LogP contribution >= 0.6 is 0 Å². The SMILES string of the molecule is CCNc1ccccc1C(=O)NCC(C)(O)CCOC. The zero-order valence-electron chi connectivity index (χ0n) is 12.4. The average Bonchev–Trinajstić information content (AvgIpc) is 2.44.